The average molecular weight is 484 g/mol. The summed E-state index contributed by atoms with van der Waals surface area (Å²) in [7, 11) is 1.62. The van der Waals surface area contributed by atoms with E-state index in [0.29, 0.717) is 31.7 Å². The summed E-state index contributed by atoms with van der Waals surface area (Å²) in [5.41, 5.74) is 13.8. The molecule has 0 fully saturated rings. The monoisotopic (exact) mass is 483 g/mol. The number of methoxy groups -OCH3 is 1. The van der Waals surface area contributed by atoms with Crippen LogP contribution in [0.25, 0.3) is 0 Å². The molecule has 0 aromatic heterocycles. The average Bonchev–Trinajstić information content (AvgIpc) is 2.85. The molecule has 9 heteroatoms. The van der Waals surface area contributed by atoms with E-state index in [2.05, 4.69) is 16.0 Å². The standard InChI is InChI=1S/C26H37N5O4/c1-18(28)24(32)31-23(16-19-8-4-3-5-9-19)26(34)30-22(10-6-7-15-27)25(33)29-21-13-11-20(12-14-21)17-35-2/h3-5,8-9,11-14,18,22-23H,6-7,10,15-17,27-28H2,1-2H3,(H,29,33)(H,30,34)(H,31,32)/t18-,22-,23+/m1/s1. The molecule has 0 unspecified atom stereocenters. The number of ether oxygens (including phenoxy) is 1. The van der Waals surface area contributed by atoms with Gasteiger partial charge in [-0.1, -0.05) is 42.5 Å². The van der Waals surface area contributed by atoms with E-state index in [-0.39, 0.29) is 12.3 Å². The van der Waals surface area contributed by atoms with Crippen molar-refractivity contribution in [2.45, 2.75) is 57.3 Å². The Morgan fingerprint density at radius 2 is 1.51 bits per heavy atom. The van der Waals surface area contributed by atoms with Crippen molar-refractivity contribution in [1.29, 1.82) is 0 Å². The largest absolute Gasteiger partial charge is 0.380 e. The van der Waals surface area contributed by atoms with Gasteiger partial charge in [0.25, 0.3) is 0 Å². The predicted octanol–water partition coefficient (Wildman–Crippen LogP) is 1.46. The Morgan fingerprint density at radius 3 is 2.11 bits per heavy atom. The number of benzene rings is 2. The summed E-state index contributed by atoms with van der Waals surface area (Å²) < 4.78 is 5.11. The number of nitrogens with one attached hydrogen (secondary N) is 3. The summed E-state index contributed by atoms with van der Waals surface area (Å²) in [6.07, 6.45) is 2.07. The molecule has 9 nitrogen and oxygen atoms in total. The topological polar surface area (TPSA) is 149 Å². The maximum Gasteiger partial charge on any atom is 0.246 e. The van der Waals surface area contributed by atoms with Crippen LogP contribution in [0.15, 0.2) is 54.6 Å². The van der Waals surface area contributed by atoms with Crippen LogP contribution in [-0.2, 0) is 32.1 Å². The van der Waals surface area contributed by atoms with Crippen molar-refractivity contribution in [2.75, 3.05) is 19.0 Å². The molecule has 3 amide bonds. The molecule has 0 bridgehead atoms. The maximum atomic E-state index is 13.2. The molecule has 190 valence electrons. The van der Waals surface area contributed by atoms with Gasteiger partial charge in [-0.05, 0) is 56.0 Å². The molecule has 2 aromatic carbocycles. The van der Waals surface area contributed by atoms with Crippen LogP contribution in [0.5, 0.6) is 0 Å². The maximum absolute atomic E-state index is 13.2. The highest BCUT2D eigenvalue weighted by Gasteiger charge is 2.27. The summed E-state index contributed by atoms with van der Waals surface area (Å²) in [4.78, 5) is 38.6. The lowest BCUT2D eigenvalue weighted by Gasteiger charge is -2.24. The molecule has 0 saturated carbocycles. The first-order valence-corrected chi connectivity index (χ1v) is 11.8. The number of rotatable bonds is 14. The molecule has 0 radical (unpaired) electrons. The van der Waals surface area contributed by atoms with Crippen LogP contribution in [-0.4, -0.2) is 49.5 Å². The van der Waals surface area contributed by atoms with E-state index in [1.54, 1.807) is 26.2 Å². The van der Waals surface area contributed by atoms with Gasteiger partial charge in [0, 0.05) is 19.2 Å². The summed E-state index contributed by atoms with van der Waals surface area (Å²) in [5, 5.41) is 8.39. The smallest absolute Gasteiger partial charge is 0.246 e. The van der Waals surface area contributed by atoms with E-state index in [0.717, 1.165) is 17.5 Å². The van der Waals surface area contributed by atoms with Crippen molar-refractivity contribution in [2.24, 2.45) is 11.5 Å². The predicted molar refractivity (Wildman–Crippen MR) is 136 cm³/mol. The normalized spacial score (nSPS) is 13.4. The minimum Gasteiger partial charge on any atom is -0.380 e. The molecule has 0 heterocycles. The number of hydrogen-bond acceptors (Lipinski definition) is 6. The zero-order valence-electron chi connectivity index (χ0n) is 20.5. The fourth-order valence-electron chi connectivity index (χ4n) is 3.48. The molecule has 0 aliphatic heterocycles. The van der Waals surface area contributed by atoms with Crippen molar-refractivity contribution in [3.05, 3.63) is 65.7 Å². The van der Waals surface area contributed by atoms with E-state index < -0.39 is 29.9 Å². The number of carbonyl (C=O) groups is 3. The number of unbranched alkanes of at least 4 members (excludes halogenated alkanes) is 1. The number of nitrogens with two attached hydrogens (primary N) is 2. The molecule has 3 atom stereocenters. The Labute approximate surface area is 207 Å². The Bertz CT molecular complexity index is 935. The van der Waals surface area contributed by atoms with E-state index in [1.165, 1.54) is 0 Å². The molecule has 7 N–H and O–H groups in total. The number of carbonyl (C=O) groups excluding carboxylic acids is 3. The Hall–Kier alpha value is -3.27. The minimum atomic E-state index is -0.881. The van der Waals surface area contributed by atoms with Gasteiger partial charge in [-0.25, -0.2) is 0 Å². The van der Waals surface area contributed by atoms with Crippen molar-refractivity contribution < 1.29 is 19.1 Å². The van der Waals surface area contributed by atoms with Gasteiger partial charge in [-0.2, -0.15) is 0 Å². The lowest BCUT2D eigenvalue weighted by Crippen LogP contribution is -2.55. The zero-order chi connectivity index (χ0) is 25.6. The molecule has 0 aliphatic rings. The second-order valence-electron chi connectivity index (χ2n) is 8.50. The lowest BCUT2D eigenvalue weighted by molar-refractivity contribution is -0.131. The second-order valence-corrected chi connectivity index (χ2v) is 8.50. The fraction of sp³-hybridized carbons (Fsp3) is 0.423. The molecular weight excluding hydrogens is 446 g/mol. The minimum absolute atomic E-state index is 0.267. The van der Waals surface area contributed by atoms with Gasteiger partial charge in [-0.15, -0.1) is 0 Å². The Kier molecular flexibility index (Phi) is 11.9. The first-order chi connectivity index (χ1) is 16.8. The summed E-state index contributed by atoms with van der Waals surface area (Å²) in [6, 6.07) is 14.2. The van der Waals surface area contributed by atoms with Crippen LogP contribution in [0.4, 0.5) is 5.69 Å². The summed E-state index contributed by atoms with van der Waals surface area (Å²) in [5.74, 6) is -1.24. The first kappa shape index (κ1) is 28.0. The van der Waals surface area contributed by atoms with E-state index in [1.807, 2.05) is 42.5 Å². The third kappa shape index (κ3) is 9.86. The SMILES string of the molecule is COCc1ccc(NC(=O)[C@@H](CCCCN)NC(=O)[C@H](Cc2ccccc2)NC(=O)[C@@H](C)N)cc1. The van der Waals surface area contributed by atoms with E-state index in [9.17, 15) is 14.4 Å². The third-order valence-corrected chi connectivity index (χ3v) is 5.44. The van der Waals surface area contributed by atoms with Crippen molar-refractivity contribution in [3.63, 3.8) is 0 Å². The number of amides is 3. The number of anilines is 1. The molecule has 35 heavy (non-hydrogen) atoms. The fourth-order valence-corrected chi connectivity index (χ4v) is 3.48. The second kappa shape index (κ2) is 14.9. The highest BCUT2D eigenvalue weighted by Crippen LogP contribution is 2.13. The van der Waals surface area contributed by atoms with E-state index in [4.69, 9.17) is 16.2 Å². The van der Waals surface area contributed by atoms with Crippen LogP contribution in [0.1, 0.15) is 37.3 Å². The third-order valence-electron chi connectivity index (χ3n) is 5.44. The molecule has 0 spiro atoms. The van der Waals surface area contributed by atoms with Gasteiger partial charge in [0.05, 0.1) is 12.6 Å². The quantitative estimate of drug-likeness (QED) is 0.257. The van der Waals surface area contributed by atoms with Crippen LogP contribution >= 0.6 is 0 Å². The van der Waals surface area contributed by atoms with Crippen molar-refractivity contribution >= 4 is 23.4 Å². The van der Waals surface area contributed by atoms with Crippen LogP contribution in [0.2, 0.25) is 0 Å². The molecule has 2 rings (SSSR count). The molecule has 2 aromatic rings. The van der Waals surface area contributed by atoms with Gasteiger partial charge in [0.2, 0.25) is 17.7 Å². The van der Waals surface area contributed by atoms with Crippen molar-refractivity contribution in [3.8, 4) is 0 Å². The number of hydrogen-bond donors (Lipinski definition) is 5. The highest BCUT2D eigenvalue weighted by molar-refractivity contribution is 5.98. The van der Waals surface area contributed by atoms with Crippen molar-refractivity contribution in [1.82, 2.24) is 10.6 Å². The zero-order valence-corrected chi connectivity index (χ0v) is 20.5. The molecule has 0 aliphatic carbocycles. The Balaban J connectivity index is 2.14. The summed E-state index contributed by atoms with van der Waals surface area (Å²) >= 11 is 0. The first-order valence-electron chi connectivity index (χ1n) is 11.8. The molecule has 0 saturated heterocycles. The Morgan fingerprint density at radius 1 is 0.857 bits per heavy atom. The van der Waals surface area contributed by atoms with Crippen LogP contribution in [0.3, 0.4) is 0 Å². The summed E-state index contributed by atoms with van der Waals surface area (Å²) in [6.45, 7) is 2.51. The van der Waals surface area contributed by atoms with Crippen LogP contribution in [0, 0.1) is 0 Å². The highest BCUT2D eigenvalue weighted by atomic mass is 16.5. The molecular formula is C26H37N5O4. The van der Waals surface area contributed by atoms with Crippen LogP contribution < -0.4 is 27.4 Å². The van der Waals surface area contributed by atoms with Gasteiger partial charge >= 0.3 is 0 Å². The lowest BCUT2D eigenvalue weighted by atomic mass is 10.0. The van der Waals surface area contributed by atoms with Gasteiger partial charge in [0.15, 0.2) is 0 Å². The van der Waals surface area contributed by atoms with Gasteiger partial charge in [0.1, 0.15) is 12.1 Å². The van der Waals surface area contributed by atoms with Gasteiger partial charge in [-0.3, -0.25) is 14.4 Å². The van der Waals surface area contributed by atoms with E-state index >= 15 is 0 Å². The van der Waals surface area contributed by atoms with Gasteiger partial charge < -0.3 is 32.2 Å².